The first-order valence-corrected chi connectivity index (χ1v) is 8.62. The van der Waals surface area contributed by atoms with E-state index in [4.69, 9.17) is 5.11 Å². The van der Waals surface area contributed by atoms with Gasteiger partial charge in [0.15, 0.2) is 0 Å². The average Bonchev–Trinajstić information content (AvgIpc) is 3.10. The van der Waals surface area contributed by atoms with Crippen molar-refractivity contribution in [2.24, 2.45) is 11.8 Å². The molecule has 0 bridgehead atoms. The molecule has 0 radical (unpaired) electrons. The van der Waals surface area contributed by atoms with Crippen LogP contribution < -0.4 is 0 Å². The standard InChI is InChI=1S/C16H21NO3S/c18-15(19)2-1-11-3-6-17(7-4-11)16(20)14-9-13(14)12-5-8-21-10-12/h5,8,10-11,13-14H,1-4,6-7,9H2,(H,18,19)/t13-,14+/m0/s1. The number of amides is 1. The molecule has 1 saturated heterocycles. The van der Waals surface area contributed by atoms with Crippen molar-refractivity contribution in [1.82, 2.24) is 4.90 Å². The third-order valence-electron chi connectivity index (χ3n) is 4.77. The number of carbonyl (C=O) groups is 2. The summed E-state index contributed by atoms with van der Waals surface area (Å²) >= 11 is 1.69. The highest BCUT2D eigenvalue weighted by Gasteiger charge is 2.46. The molecule has 2 fully saturated rings. The lowest BCUT2D eigenvalue weighted by atomic mass is 9.92. The van der Waals surface area contributed by atoms with E-state index in [9.17, 15) is 9.59 Å². The van der Waals surface area contributed by atoms with Crippen LogP contribution in [0.2, 0.25) is 0 Å². The van der Waals surface area contributed by atoms with Crippen LogP contribution in [0.4, 0.5) is 0 Å². The van der Waals surface area contributed by atoms with Crippen molar-refractivity contribution in [2.75, 3.05) is 13.1 Å². The van der Waals surface area contributed by atoms with E-state index >= 15 is 0 Å². The first-order chi connectivity index (χ1) is 10.1. The van der Waals surface area contributed by atoms with Gasteiger partial charge in [0.05, 0.1) is 0 Å². The van der Waals surface area contributed by atoms with Gasteiger partial charge >= 0.3 is 5.97 Å². The zero-order valence-electron chi connectivity index (χ0n) is 12.0. The van der Waals surface area contributed by atoms with Crippen LogP contribution in [0.3, 0.4) is 0 Å². The Labute approximate surface area is 128 Å². The molecule has 3 rings (SSSR count). The lowest BCUT2D eigenvalue weighted by Crippen LogP contribution is -2.39. The van der Waals surface area contributed by atoms with Crippen molar-refractivity contribution in [3.63, 3.8) is 0 Å². The van der Waals surface area contributed by atoms with Crippen molar-refractivity contribution in [2.45, 2.75) is 38.0 Å². The number of carbonyl (C=O) groups excluding carboxylic acids is 1. The van der Waals surface area contributed by atoms with Gasteiger partial charge < -0.3 is 10.0 Å². The van der Waals surface area contributed by atoms with Gasteiger partial charge in [-0.25, -0.2) is 0 Å². The van der Waals surface area contributed by atoms with Crippen LogP contribution in [-0.4, -0.2) is 35.0 Å². The average molecular weight is 307 g/mol. The summed E-state index contributed by atoms with van der Waals surface area (Å²) in [6.07, 6.45) is 3.90. The number of aliphatic carboxylic acids is 1. The molecule has 5 heteroatoms. The monoisotopic (exact) mass is 307 g/mol. The van der Waals surface area contributed by atoms with Crippen LogP contribution in [0.1, 0.15) is 43.6 Å². The minimum atomic E-state index is -0.718. The summed E-state index contributed by atoms with van der Waals surface area (Å²) < 4.78 is 0. The zero-order valence-corrected chi connectivity index (χ0v) is 12.8. The summed E-state index contributed by atoms with van der Waals surface area (Å²) in [7, 11) is 0. The number of carboxylic acids is 1. The van der Waals surface area contributed by atoms with Gasteiger partial charge in [0.25, 0.3) is 0 Å². The Morgan fingerprint density at radius 3 is 2.71 bits per heavy atom. The molecule has 0 aromatic carbocycles. The molecular weight excluding hydrogens is 286 g/mol. The summed E-state index contributed by atoms with van der Waals surface area (Å²) in [4.78, 5) is 25.1. The molecule has 1 N–H and O–H groups in total. The second kappa shape index (κ2) is 6.18. The van der Waals surface area contributed by atoms with Crippen LogP contribution in [0.5, 0.6) is 0 Å². The van der Waals surface area contributed by atoms with E-state index in [2.05, 4.69) is 16.8 Å². The first kappa shape index (κ1) is 14.6. The fourth-order valence-corrected chi connectivity index (χ4v) is 4.05. The van der Waals surface area contributed by atoms with Gasteiger partial charge in [0.2, 0.25) is 5.91 Å². The second-order valence-electron chi connectivity index (χ2n) is 6.21. The van der Waals surface area contributed by atoms with Gasteiger partial charge in [-0.05, 0) is 59.9 Å². The predicted octanol–water partition coefficient (Wildman–Crippen LogP) is 2.96. The highest BCUT2D eigenvalue weighted by molar-refractivity contribution is 7.08. The van der Waals surface area contributed by atoms with E-state index in [1.807, 2.05) is 4.90 Å². The van der Waals surface area contributed by atoms with Gasteiger partial charge in [0, 0.05) is 25.4 Å². The van der Waals surface area contributed by atoms with Crippen LogP contribution in [0.15, 0.2) is 16.8 Å². The molecule has 114 valence electrons. The molecule has 0 spiro atoms. The number of nitrogens with zero attached hydrogens (tertiary/aromatic N) is 1. The SMILES string of the molecule is O=C(O)CCC1CCN(C(=O)[C@@H]2C[C@H]2c2ccsc2)CC1. The van der Waals surface area contributed by atoms with Crippen molar-refractivity contribution in [3.8, 4) is 0 Å². The highest BCUT2D eigenvalue weighted by atomic mass is 32.1. The number of likely N-dealkylation sites (tertiary alicyclic amines) is 1. The Balaban J connectivity index is 1.45. The molecule has 2 atom stereocenters. The maximum absolute atomic E-state index is 12.5. The van der Waals surface area contributed by atoms with E-state index in [-0.39, 0.29) is 12.3 Å². The summed E-state index contributed by atoms with van der Waals surface area (Å²) in [5.41, 5.74) is 1.31. The molecule has 0 unspecified atom stereocenters. The molecule has 1 amide bonds. The minimum Gasteiger partial charge on any atom is -0.481 e. The van der Waals surface area contributed by atoms with Crippen molar-refractivity contribution >= 4 is 23.2 Å². The molecule has 21 heavy (non-hydrogen) atoms. The van der Waals surface area contributed by atoms with Crippen molar-refractivity contribution in [3.05, 3.63) is 22.4 Å². The molecular formula is C16H21NO3S. The molecule has 1 aliphatic heterocycles. The van der Waals surface area contributed by atoms with Crippen molar-refractivity contribution in [1.29, 1.82) is 0 Å². The normalized spacial score (nSPS) is 25.8. The lowest BCUT2D eigenvalue weighted by Gasteiger charge is -2.32. The molecule has 1 aromatic rings. The van der Waals surface area contributed by atoms with Crippen LogP contribution in [0, 0.1) is 11.8 Å². The largest absolute Gasteiger partial charge is 0.481 e. The smallest absolute Gasteiger partial charge is 0.303 e. The number of hydrogen-bond donors (Lipinski definition) is 1. The Morgan fingerprint density at radius 2 is 2.10 bits per heavy atom. The Bertz CT molecular complexity index is 506. The summed E-state index contributed by atoms with van der Waals surface area (Å²) in [5, 5.41) is 12.9. The van der Waals surface area contributed by atoms with E-state index in [0.717, 1.165) is 38.8 Å². The number of rotatable bonds is 5. The molecule has 1 aliphatic carbocycles. The van der Waals surface area contributed by atoms with Crippen LogP contribution in [-0.2, 0) is 9.59 Å². The summed E-state index contributed by atoms with van der Waals surface area (Å²) in [6, 6.07) is 2.13. The predicted molar refractivity (Wildman–Crippen MR) is 81.3 cm³/mol. The lowest BCUT2D eigenvalue weighted by molar-refractivity contribution is -0.138. The van der Waals surface area contributed by atoms with E-state index < -0.39 is 5.97 Å². The zero-order chi connectivity index (χ0) is 14.8. The summed E-state index contributed by atoms with van der Waals surface area (Å²) in [5.74, 6) is 0.689. The van der Waals surface area contributed by atoms with Crippen molar-refractivity contribution < 1.29 is 14.7 Å². The molecule has 1 saturated carbocycles. The molecule has 4 nitrogen and oxygen atoms in total. The first-order valence-electron chi connectivity index (χ1n) is 7.68. The van der Waals surface area contributed by atoms with Crippen LogP contribution >= 0.6 is 11.3 Å². The molecule has 1 aromatic heterocycles. The Hall–Kier alpha value is -1.36. The van der Waals surface area contributed by atoms with Gasteiger partial charge in [-0.2, -0.15) is 11.3 Å². The maximum Gasteiger partial charge on any atom is 0.303 e. The topological polar surface area (TPSA) is 57.6 Å². The number of hydrogen-bond acceptors (Lipinski definition) is 3. The summed E-state index contributed by atoms with van der Waals surface area (Å²) in [6.45, 7) is 1.60. The quantitative estimate of drug-likeness (QED) is 0.910. The van der Waals surface area contributed by atoms with Gasteiger partial charge in [-0.3, -0.25) is 9.59 Å². The fourth-order valence-electron chi connectivity index (χ4n) is 3.33. The number of piperidine rings is 1. The van der Waals surface area contributed by atoms with Gasteiger partial charge in [-0.1, -0.05) is 0 Å². The van der Waals surface area contributed by atoms with Crippen LogP contribution in [0.25, 0.3) is 0 Å². The Morgan fingerprint density at radius 1 is 1.33 bits per heavy atom. The van der Waals surface area contributed by atoms with Gasteiger partial charge in [-0.15, -0.1) is 0 Å². The molecule has 2 heterocycles. The van der Waals surface area contributed by atoms with E-state index in [1.165, 1.54) is 5.56 Å². The van der Waals surface area contributed by atoms with E-state index in [1.54, 1.807) is 11.3 Å². The fraction of sp³-hybridized carbons (Fsp3) is 0.625. The second-order valence-corrected chi connectivity index (χ2v) is 6.99. The maximum atomic E-state index is 12.5. The number of carboxylic acid groups (broad SMARTS) is 1. The molecule has 2 aliphatic rings. The minimum absolute atomic E-state index is 0.190. The Kier molecular flexibility index (Phi) is 4.29. The third kappa shape index (κ3) is 3.46. The number of thiophene rings is 1. The third-order valence-corrected chi connectivity index (χ3v) is 5.47. The highest BCUT2D eigenvalue weighted by Crippen LogP contribution is 2.49. The van der Waals surface area contributed by atoms with Gasteiger partial charge in [0.1, 0.15) is 0 Å². The van der Waals surface area contributed by atoms with E-state index in [0.29, 0.717) is 17.7 Å².